The van der Waals surface area contributed by atoms with Crippen LogP contribution in [0.4, 0.5) is 11.5 Å². The Morgan fingerprint density at radius 1 is 1.60 bits per heavy atom. The molecule has 0 saturated carbocycles. The van der Waals surface area contributed by atoms with Gasteiger partial charge in [0.15, 0.2) is 0 Å². The van der Waals surface area contributed by atoms with Crippen LogP contribution in [-0.2, 0) is 0 Å². The zero-order chi connectivity index (χ0) is 14.8. The third-order valence-corrected chi connectivity index (χ3v) is 4.09. The van der Waals surface area contributed by atoms with Crippen LogP contribution in [0.25, 0.3) is 0 Å². The Morgan fingerprint density at radius 2 is 2.35 bits per heavy atom. The normalized spacial score (nSPS) is 21.4. The lowest BCUT2D eigenvalue weighted by molar-refractivity contribution is -0.385. The number of nitrogens with one attached hydrogen (secondary N) is 2. The van der Waals surface area contributed by atoms with E-state index in [4.69, 9.17) is 0 Å². The monoisotopic (exact) mass is 278 g/mol. The smallest absolute Gasteiger partial charge is 0.277 e. The van der Waals surface area contributed by atoms with E-state index in [9.17, 15) is 10.1 Å². The molecule has 1 aromatic heterocycles. The van der Waals surface area contributed by atoms with Crippen molar-refractivity contribution in [2.45, 2.75) is 39.7 Å². The van der Waals surface area contributed by atoms with Gasteiger partial charge in [-0.05, 0) is 31.7 Å². The Morgan fingerprint density at radius 3 is 3.00 bits per heavy atom. The molecule has 2 rings (SSSR count). The summed E-state index contributed by atoms with van der Waals surface area (Å²) in [6.45, 7) is 7.94. The van der Waals surface area contributed by atoms with Crippen LogP contribution in [0.1, 0.15) is 32.3 Å². The number of rotatable bonds is 4. The van der Waals surface area contributed by atoms with E-state index in [-0.39, 0.29) is 16.0 Å². The fourth-order valence-electron chi connectivity index (χ4n) is 2.63. The Bertz CT molecular complexity index is 502. The molecule has 1 unspecified atom stereocenters. The lowest BCUT2D eigenvalue weighted by Gasteiger charge is -2.39. The number of aromatic nitrogens is 1. The first-order valence-corrected chi connectivity index (χ1v) is 6.98. The maximum atomic E-state index is 10.9. The van der Waals surface area contributed by atoms with Crippen molar-refractivity contribution in [3.63, 3.8) is 0 Å². The number of nitrogens with zero attached hydrogens (tertiary/aromatic N) is 2. The van der Waals surface area contributed by atoms with Gasteiger partial charge in [-0.1, -0.05) is 13.8 Å². The lowest BCUT2D eigenvalue weighted by Crippen LogP contribution is -2.50. The van der Waals surface area contributed by atoms with Gasteiger partial charge in [-0.15, -0.1) is 0 Å². The average Bonchev–Trinajstić information content (AvgIpc) is 2.38. The van der Waals surface area contributed by atoms with Gasteiger partial charge < -0.3 is 10.6 Å². The van der Waals surface area contributed by atoms with Gasteiger partial charge in [0.2, 0.25) is 0 Å². The zero-order valence-electron chi connectivity index (χ0n) is 12.3. The van der Waals surface area contributed by atoms with Gasteiger partial charge in [-0.2, -0.15) is 0 Å². The minimum absolute atomic E-state index is 0.110. The van der Waals surface area contributed by atoms with E-state index < -0.39 is 0 Å². The van der Waals surface area contributed by atoms with Crippen molar-refractivity contribution in [3.8, 4) is 0 Å². The van der Waals surface area contributed by atoms with Crippen LogP contribution in [0, 0.1) is 22.5 Å². The van der Waals surface area contributed by atoms with Crippen LogP contribution < -0.4 is 10.6 Å². The predicted molar refractivity (Wildman–Crippen MR) is 78.9 cm³/mol. The van der Waals surface area contributed by atoms with Gasteiger partial charge >= 0.3 is 0 Å². The maximum Gasteiger partial charge on any atom is 0.277 e. The van der Waals surface area contributed by atoms with E-state index in [0.717, 1.165) is 13.1 Å². The Balaban J connectivity index is 2.04. The Kier molecular flexibility index (Phi) is 4.23. The van der Waals surface area contributed by atoms with Crippen LogP contribution in [0.2, 0.25) is 0 Å². The first kappa shape index (κ1) is 14.7. The number of aryl methyl sites for hydroxylation is 1. The van der Waals surface area contributed by atoms with E-state index in [1.165, 1.54) is 18.9 Å². The average molecular weight is 278 g/mol. The maximum absolute atomic E-state index is 10.9. The third kappa shape index (κ3) is 3.25. The summed E-state index contributed by atoms with van der Waals surface area (Å²) in [6.07, 6.45) is 3.92. The Hall–Kier alpha value is -1.69. The molecule has 1 atom stereocenters. The van der Waals surface area contributed by atoms with E-state index in [0.29, 0.717) is 17.4 Å². The topological polar surface area (TPSA) is 80.1 Å². The van der Waals surface area contributed by atoms with Crippen LogP contribution in [-0.4, -0.2) is 29.0 Å². The number of hydrogen-bond acceptors (Lipinski definition) is 5. The van der Waals surface area contributed by atoms with Gasteiger partial charge in [0.1, 0.15) is 5.82 Å². The molecule has 2 heterocycles. The molecule has 0 aliphatic carbocycles. The summed E-state index contributed by atoms with van der Waals surface area (Å²) in [5.41, 5.74) is 0.914. The molecule has 0 amide bonds. The fraction of sp³-hybridized carbons (Fsp3) is 0.643. The summed E-state index contributed by atoms with van der Waals surface area (Å²) in [5, 5.41) is 17.6. The molecular formula is C14H22N4O2. The van der Waals surface area contributed by atoms with Gasteiger partial charge in [0.05, 0.1) is 11.0 Å². The van der Waals surface area contributed by atoms with Crippen molar-refractivity contribution in [1.29, 1.82) is 0 Å². The van der Waals surface area contributed by atoms with Crippen LogP contribution >= 0.6 is 0 Å². The molecule has 1 aliphatic heterocycles. The number of anilines is 1. The molecule has 0 bridgehead atoms. The molecular weight excluding hydrogens is 256 g/mol. The molecule has 2 N–H and O–H groups in total. The fourth-order valence-corrected chi connectivity index (χ4v) is 2.63. The van der Waals surface area contributed by atoms with E-state index in [1.54, 1.807) is 13.1 Å². The van der Waals surface area contributed by atoms with Crippen molar-refractivity contribution in [1.82, 2.24) is 10.3 Å². The summed E-state index contributed by atoms with van der Waals surface area (Å²) in [5.74, 6) is 0.561. The molecule has 1 saturated heterocycles. The van der Waals surface area contributed by atoms with Crippen LogP contribution in [0.5, 0.6) is 0 Å². The summed E-state index contributed by atoms with van der Waals surface area (Å²) in [7, 11) is 0. The highest BCUT2D eigenvalue weighted by molar-refractivity contribution is 5.49. The quantitative estimate of drug-likeness (QED) is 0.653. The molecule has 6 heteroatoms. The van der Waals surface area contributed by atoms with E-state index in [1.807, 2.05) is 0 Å². The largest absolute Gasteiger partial charge is 0.368 e. The SMILES string of the molecule is Cc1cnc(NCC2NCCCC2(C)C)cc1[N+](=O)[O-]. The number of nitro groups is 1. The zero-order valence-corrected chi connectivity index (χ0v) is 12.3. The van der Waals surface area contributed by atoms with Gasteiger partial charge in [-0.25, -0.2) is 4.98 Å². The minimum atomic E-state index is -0.370. The van der Waals surface area contributed by atoms with Crippen molar-refractivity contribution in [2.24, 2.45) is 5.41 Å². The van der Waals surface area contributed by atoms with Crippen molar-refractivity contribution in [3.05, 3.63) is 27.9 Å². The predicted octanol–water partition coefficient (Wildman–Crippen LogP) is 2.49. The van der Waals surface area contributed by atoms with E-state index in [2.05, 4.69) is 29.5 Å². The molecule has 0 radical (unpaired) electrons. The van der Waals surface area contributed by atoms with Crippen molar-refractivity contribution in [2.75, 3.05) is 18.4 Å². The van der Waals surface area contributed by atoms with Gasteiger partial charge in [0.25, 0.3) is 5.69 Å². The minimum Gasteiger partial charge on any atom is -0.368 e. The molecule has 110 valence electrons. The second-order valence-corrected chi connectivity index (χ2v) is 6.09. The second-order valence-electron chi connectivity index (χ2n) is 6.09. The first-order valence-electron chi connectivity index (χ1n) is 6.98. The third-order valence-electron chi connectivity index (χ3n) is 4.09. The summed E-state index contributed by atoms with van der Waals surface area (Å²) < 4.78 is 0. The molecule has 0 aromatic carbocycles. The summed E-state index contributed by atoms with van der Waals surface area (Å²) in [6, 6.07) is 1.85. The molecule has 1 aromatic rings. The highest BCUT2D eigenvalue weighted by Crippen LogP contribution is 2.30. The Labute approximate surface area is 119 Å². The number of pyridine rings is 1. The van der Waals surface area contributed by atoms with Gasteiger partial charge in [0, 0.05) is 24.3 Å². The molecule has 20 heavy (non-hydrogen) atoms. The highest BCUT2D eigenvalue weighted by Gasteiger charge is 2.31. The van der Waals surface area contributed by atoms with Crippen molar-refractivity contribution >= 4 is 11.5 Å². The number of piperidine rings is 1. The lowest BCUT2D eigenvalue weighted by atomic mass is 9.77. The molecule has 6 nitrogen and oxygen atoms in total. The summed E-state index contributed by atoms with van der Waals surface area (Å²) in [4.78, 5) is 14.8. The standard InChI is InChI=1S/C14H22N4O2/c1-10-8-16-13(7-11(10)18(19)20)17-9-12-14(2,3)5-4-6-15-12/h7-8,12,15H,4-6,9H2,1-3H3,(H,16,17). The second kappa shape index (κ2) is 5.75. The molecule has 0 spiro atoms. The van der Waals surface area contributed by atoms with Crippen LogP contribution in [0.3, 0.4) is 0 Å². The van der Waals surface area contributed by atoms with Crippen molar-refractivity contribution < 1.29 is 4.92 Å². The van der Waals surface area contributed by atoms with E-state index >= 15 is 0 Å². The number of hydrogen-bond donors (Lipinski definition) is 2. The molecule has 1 aliphatic rings. The summed E-state index contributed by atoms with van der Waals surface area (Å²) >= 11 is 0. The molecule has 1 fully saturated rings. The first-order chi connectivity index (χ1) is 9.40. The van der Waals surface area contributed by atoms with Crippen LogP contribution in [0.15, 0.2) is 12.3 Å². The highest BCUT2D eigenvalue weighted by atomic mass is 16.6. The van der Waals surface area contributed by atoms with Gasteiger partial charge in [-0.3, -0.25) is 10.1 Å².